The van der Waals surface area contributed by atoms with E-state index in [9.17, 15) is 14.7 Å². The first-order valence-corrected chi connectivity index (χ1v) is 14.3. The van der Waals surface area contributed by atoms with E-state index in [1.165, 1.54) is 0 Å². The van der Waals surface area contributed by atoms with Crippen LogP contribution in [0.4, 0.5) is 10.5 Å². The number of benzene rings is 3. The summed E-state index contributed by atoms with van der Waals surface area (Å²) in [6.07, 6.45) is 0.819. The number of amides is 2. The summed E-state index contributed by atoms with van der Waals surface area (Å²) in [7, 11) is 0. The van der Waals surface area contributed by atoms with Crippen LogP contribution >= 0.6 is 23.2 Å². The molecule has 3 rings (SSSR count). The molecular weight excluding hydrogens is 567 g/mol. The van der Waals surface area contributed by atoms with Gasteiger partial charge in [0.05, 0.1) is 13.2 Å². The van der Waals surface area contributed by atoms with Crippen LogP contribution in [0.1, 0.15) is 30.9 Å². The van der Waals surface area contributed by atoms with Gasteiger partial charge in [-0.3, -0.25) is 0 Å². The molecule has 1 unspecified atom stereocenters. The van der Waals surface area contributed by atoms with Gasteiger partial charge < -0.3 is 29.5 Å². The number of para-hydroxylation sites is 1. The number of carboxylic acids is 1. The van der Waals surface area contributed by atoms with Crippen LogP contribution in [0.15, 0.2) is 66.7 Å². The minimum Gasteiger partial charge on any atom is -0.493 e. The topological polar surface area (TPSA) is 97.3 Å². The number of aliphatic carboxylic acids is 1. The number of unbranched alkanes of at least 4 members (excludes halogenated alkanes) is 1. The lowest BCUT2D eigenvalue weighted by molar-refractivity contribution is -0.149. The summed E-state index contributed by atoms with van der Waals surface area (Å²) >= 11 is 12.1. The quantitative estimate of drug-likeness (QED) is 0.170. The molecule has 0 radical (unpaired) electrons. The average Bonchev–Trinajstić information content (AvgIpc) is 2.93. The van der Waals surface area contributed by atoms with Gasteiger partial charge in [-0.2, -0.15) is 0 Å². The number of urea groups is 1. The van der Waals surface area contributed by atoms with Gasteiger partial charge in [-0.15, -0.1) is 0 Å². The molecule has 0 fully saturated rings. The molecule has 10 heteroatoms. The van der Waals surface area contributed by atoms with E-state index in [0.717, 1.165) is 29.7 Å². The maximum absolute atomic E-state index is 13.2. The van der Waals surface area contributed by atoms with E-state index in [1.54, 1.807) is 42.2 Å². The number of carboxylic acid groups (broad SMARTS) is 1. The summed E-state index contributed by atoms with van der Waals surface area (Å²) in [5, 5.41) is 13.3. The van der Waals surface area contributed by atoms with Gasteiger partial charge in [0.2, 0.25) is 0 Å². The van der Waals surface area contributed by atoms with E-state index in [-0.39, 0.29) is 19.1 Å². The van der Waals surface area contributed by atoms with Crippen molar-refractivity contribution in [2.45, 2.75) is 39.2 Å². The third-order valence-electron chi connectivity index (χ3n) is 6.22. The number of carbonyl (C=O) groups is 2. The van der Waals surface area contributed by atoms with Crippen LogP contribution in [-0.4, -0.2) is 61.0 Å². The highest BCUT2D eigenvalue weighted by Crippen LogP contribution is 2.24. The Morgan fingerprint density at radius 2 is 1.59 bits per heavy atom. The molecule has 0 saturated heterocycles. The molecule has 2 N–H and O–H groups in total. The largest absolute Gasteiger partial charge is 0.493 e. The number of nitrogens with one attached hydrogen (secondary N) is 1. The first-order chi connectivity index (χ1) is 19.7. The zero-order chi connectivity index (χ0) is 29.6. The molecule has 3 aromatic carbocycles. The van der Waals surface area contributed by atoms with Gasteiger partial charge in [0.25, 0.3) is 0 Å². The molecule has 3 aromatic rings. The van der Waals surface area contributed by atoms with Gasteiger partial charge in [-0.05, 0) is 74.2 Å². The summed E-state index contributed by atoms with van der Waals surface area (Å²) in [5.41, 5.74) is 2.56. The van der Waals surface area contributed by atoms with Gasteiger partial charge in [-0.25, -0.2) is 9.59 Å². The molecule has 0 aliphatic carbocycles. The number of halogens is 2. The van der Waals surface area contributed by atoms with Crippen molar-refractivity contribution in [2.75, 3.05) is 38.2 Å². The molecule has 0 aromatic heterocycles. The summed E-state index contributed by atoms with van der Waals surface area (Å²) < 4.78 is 17.0. The highest BCUT2D eigenvalue weighted by molar-refractivity contribution is 6.34. The Hall–Kier alpha value is -3.46. The number of hydrogen-bond acceptors (Lipinski definition) is 5. The van der Waals surface area contributed by atoms with Gasteiger partial charge in [-0.1, -0.05) is 53.5 Å². The monoisotopic (exact) mass is 602 g/mol. The zero-order valence-electron chi connectivity index (χ0n) is 23.3. The third-order valence-corrected chi connectivity index (χ3v) is 6.66. The third kappa shape index (κ3) is 11.1. The Kier molecular flexibility index (Phi) is 13.1. The van der Waals surface area contributed by atoms with E-state index in [2.05, 4.69) is 5.32 Å². The van der Waals surface area contributed by atoms with Crippen molar-refractivity contribution in [3.63, 3.8) is 0 Å². The maximum Gasteiger partial charge on any atom is 0.333 e. The van der Waals surface area contributed by atoms with Crippen molar-refractivity contribution in [1.29, 1.82) is 0 Å². The lowest BCUT2D eigenvalue weighted by Gasteiger charge is -2.24. The molecule has 2 amide bonds. The van der Waals surface area contributed by atoms with Gasteiger partial charge in [0.1, 0.15) is 18.1 Å². The Morgan fingerprint density at radius 3 is 2.24 bits per heavy atom. The van der Waals surface area contributed by atoms with Crippen LogP contribution < -0.4 is 14.8 Å². The Morgan fingerprint density at radius 1 is 0.902 bits per heavy atom. The predicted molar refractivity (Wildman–Crippen MR) is 162 cm³/mol. The second kappa shape index (κ2) is 16.7. The fourth-order valence-electron chi connectivity index (χ4n) is 4.06. The number of hydrogen-bond donors (Lipinski definition) is 2. The number of rotatable bonds is 16. The smallest absolute Gasteiger partial charge is 0.333 e. The van der Waals surface area contributed by atoms with Crippen molar-refractivity contribution < 1.29 is 28.9 Å². The Bertz CT molecular complexity index is 1250. The molecule has 0 spiro atoms. The van der Waals surface area contributed by atoms with E-state index in [4.69, 9.17) is 37.4 Å². The van der Waals surface area contributed by atoms with E-state index in [1.807, 2.05) is 43.3 Å². The zero-order valence-corrected chi connectivity index (χ0v) is 24.8. The minimum absolute atomic E-state index is 0.212. The number of carbonyl (C=O) groups excluding carboxylic acids is 1. The highest BCUT2D eigenvalue weighted by atomic mass is 35.5. The van der Waals surface area contributed by atoms with Crippen molar-refractivity contribution in [3.05, 3.63) is 87.9 Å². The lowest BCUT2D eigenvalue weighted by Crippen LogP contribution is -2.38. The molecule has 41 heavy (non-hydrogen) atoms. The first kappa shape index (κ1) is 32.1. The van der Waals surface area contributed by atoms with Gasteiger partial charge >= 0.3 is 12.0 Å². The fraction of sp³-hybridized carbons (Fsp3) is 0.355. The Labute approximate surface area is 251 Å². The molecule has 220 valence electrons. The van der Waals surface area contributed by atoms with Gasteiger partial charge in [0, 0.05) is 35.3 Å². The fourth-order valence-corrected chi connectivity index (χ4v) is 4.56. The van der Waals surface area contributed by atoms with Crippen LogP contribution in [0.5, 0.6) is 11.5 Å². The van der Waals surface area contributed by atoms with Crippen LogP contribution in [0.3, 0.4) is 0 Å². The van der Waals surface area contributed by atoms with Crippen LogP contribution in [0, 0.1) is 6.92 Å². The van der Waals surface area contributed by atoms with Crippen LogP contribution in [0.25, 0.3) is 0 Å². The molecule has 8 nitrogen and oxygen atoms in total. The second-order valence-electron chi connectivity index (χ2n) is 9.37. The van der Waals surface area contributed by atoms with Crippen molar-refractivity contribution in [3.8, 4) is 11.5 Å². The van der Waals surface area contributed by atoms with Crippen molar-refractivity contribution in [1.82, 2.24) is 4.90 Å². The SMILES string of the molecule is CCOC(Cc1ccc(OCCN(CCCCOc2cc(Cl)cc(Cl)c2)C(=O)Nc2ccccc2C)cc1)C(=O)O. The van der Waals surface area contributed by atoms with E-state index in [0.29, 0.717) is 47.8 Å². The number of nitrogens with zero attached hydrogens (tertiary/aromatic N) is 1. The molecule has 0 saturated carbocycles. The van der Waals surface area contributed by atoms with Crippen LogP contribution in [-0.2, 0) is 16.0 Å². The lowest BCUT2D eigenvalue weighted by atomic mass is 10.1. The Balaban J connectivity index is 1.53. The van der Waals surface area contributed by atoms with E-state index >= 15 is 0 Å². The summed E-state index contributed by atoms with van der Waals surface area (Å²) in [6, 6.07) is 19.7. The minimum atomic E-state index is -0.989. The number of ether oxygens (including phenoxy) is 3. The van der Waals surface area contributed by atoms with Crippen molar-refractivity contribution >= 4 is 40.9 Å². The summed E-state index contributed by atoms with van der Waals surface area (Å²) in [4.78, 5) is 26.2. The molecule has 0 aliphatic rings. The number of aryl methyl sites for hydroxylation is 1. The van der Waals surface area contributed by atoms with E-state index < -0.39 is 12.1 Å². The average molecular weight is 604 g/mol. The molecule has 0 aliphatic heterocycles. The first-order valence-electron chi connectivity index (χ1n) is 13.5. The van der Waals surface area contributed by atoms with Gasteiger partial charge in [0.15, 0.2) is 6.10 Å². The summed E-state index contributed by atoms with van der Waals surface area (Å²) in [5.74, 6) is 0.244. The molecular formula is C31H36Cl2N2O6. The second-order valence-corrected chi connectivity index (χ2v) is 10.2. The van der Waals surface area contributed by atoms with Crippen molar-refractivity contribution in [2.24, 2.45) is 0 Å². The standard InChI is InChI=1S/C31H36Cl2N2O6/c1-3-39-29(30(36)37)18-23-10-12-26(13-11-23)41-17-15-35(31(38)34-28-9-5-4-8-22(28)2)14-6-7-16-40-27-20-24(32)19-25(33)21-27/h4-5,8-13,19-21,29H,3,6-7,14-18H2,1-2H3,(H,34,38)(H,36,37). The molecule has 0 heterocycles. The molecule has 0 bridgehead atoms. The normalized spacial score (nSPS) is 11.5. The summed E-state index contributed by atoms with van der Waals surface area (Å²) in [6.45, 7) is 5.66. The number of anilines is 1. The maximum atomic E-state index is 13.2. The van der Waals surface area contributed by atoms with Crippen LogP contribution in [0.2, 0.25) is 10.0 Å². The highest BCUT2D eigenvalue weighted by Gasteiger charge is 2.18. The predicted octanol–water partition coefficient (Wildman–Crippen LogP) is 7.11. The molecule has 1 atom stereocenters.